The van der Waals surface area contributed by atoms with Crippen LogP contribution in [0.2, 0.25) is 0 Å². The fourth-order valence-electron chi connectivity index (χ4n) is 2.44. The molecule has 19 heavy (non-hydrogen) atoms. The fraction of sp³-hybridized carbons (Fsp3) is 0.600. The third kappa shape index (κ3) is 3.61. The number of benzene rings is 1. The molecule has 1 aliphatic rings. The zero-order valence-electron chi connectivity index (χ0n) is 11.9. The van der Waals surface area contributed by atoms with Gasteiger partial charge in [0, 0.05) is 19.2 Å². The highest BCUT2D eigenvalue weighted by Gasteiger charge is 2.39. The Morgan fingerprint density at radius 3 is 2.74 bits per heavy atom. The van der Waals surface area contributed by atoms with Crippen molar-refractivity contribution in [3.05, 3.63) is 23.8 Å². The Kier molecular flexibility index (Phi) is 5.05. The number of nitrogens with one attached hydrogen (secondary N) is 1. The number of rotatable bonds is 8. The van der Waals surface area contributed by atoms with E-state index >= 15 is 0 Å². The summed E-state index contributed by atoms with van der Waals surface area (Å²) in [6.07, 6.45) is 1.21. The third-order valence-corrected chi connectivity index (χ3v) is 3.65. The molecule has 0 aromatic heterocycles. The van der Waals surface area contributed by atoms with Crippen molar-refractivity contribution in [1.82, 2.24) is 5.32 Å². The van der Waals surface area contributed by atoms with E-state index in [1.807, 2.05) is 12.1 Å². The van der Waals surface area contributed by atoms with Crippen LogP contribution in [0.3, 0.4) is 0 Å². The first-order valence-electron chi connectivity index (χ1n) is 6.71. The van der Waals surface area contributed by atoms with Gasteiger partial charge in [-0.3, -0.25) is 0 Å². The maximum atomic E-state index is 5.44. The van der Waals surface area contributed by atoms with E-state index in [0.29, 0.717) is 11.8 Å². The van der Waals surface area contributed by atoms with Crippen molar-refractivity contribution in [3.63, 3.8) is 0 Å². The molecule has 2 atom stereocenters. The second-order valence-electron chi connectivity index (χ2n) is 4.91. The van der Waals surface area contributed by atoms with Gasteiger partial charge < -0.3 is 19.5 Å². The van der Waals surface area contributed by atoms with E-state index in [0.717, 1.165) is 31.2 Å². The zero-order valence-corrected chi connectivity index (χ0v) is 11.9. The van der Waals surface area contributed by atoms with Gasteiger partial charge >= 0.3 is 0 Å². The summed E-state index contributed by atoms with van der Waals surface area (Å²) in [5.41, 5.74) is 1.26. The molecule has 0 spiro atoms. The molecule has 0 amide bonds. The van der Waals surface area contributed by atoms with Gasteiger partial charge in [0.2, 0.25) is 0 Å². The second-order valence-corrected chi connectivity index (χ2v) is 4.91. The van der Waals surface area contributed by atoms with Gasteiger partial charge in [-0.2, -0.15) is 0 Å². The highest BCUT2D eigenvalue weighted by atomic mass is 16.5. The number of ether oxygens (including phenoxy) is 3. The molecule has 1 aromatic carbocycles. The SMILES string of the molecule is COCCNCC1CC1c1cc(OC)ccc1OC. The largest absolute Gasteiger partial charge is 0.497 e. The third-order valence-electron chi connectivity index (χ3n) is 3.65. The summed E-state index contributed by atoms with van der Waals surface area (Å²) in [7, 11) is 5.14. The Balaban J connectivity index is 1.92. The van der Waals surface area contributed by atoms with Crippen LogP contribution in [-0.2, 0) is 4.74 Å². The molecule has 4 nitrogen and oxygen atoms in total. The monoisotopic (exact) mass is 265 g/mol. The van der Waals surface area contributed by atoms with Crippen LogP contribution in [0.4, 0.5) is 0 Å². The summed E-state index contributed by atoms with van der Waals surface area (Å²) in [5.74, 6) is 3.14. The Morgan fingerprint density at radius 1 is 1.21 bits per heavy atom. The van der Waals surface area contributed by atoms with E-state index < -0.39 is 0 Å². The zero-order chi connectivity index (χ0) is 13.7. The van der Waals surface area contributed by atoms with Crippen molar-refractivity contribution < 1.29 is 14.2 Å². The van der Waals surface area contributed by atoms with Crippen molar-refractivity contribution in [3.8, 4) is 11.5 Å². The molecule has 4 heteroatoms. The van der Waals surface area contributed by atoms with Crippen LogP contribution in [0.15, 0.2) is 18.2 Å². The van der Waals surface area contributed by atoms with E-state index in [4.69, 9.17) is 14.2 Å². The molecule has 0 radical (unpaired) electrons. The van der Waals surface area contributed by atoms with Gasteiger partial charge in [0.15, 0.2) is 0 Å². The summed E-state index contributed by atoms with van der Waals surface area (Å²) in [5, 5.41) is 3.42. The maximum Gasteiger partial charge on any atom is 0.122 e. The number of methoxy groups -OCH3 is 3. The predicted molar refractivity (Wildman–Crippen MR) is 75.1 cm³/mol. The van der Waals surface area contributed by atoms with Crippen LogP contribution in [0.25, 0.3) is 0 Å². The summed E-state index contributed by atoms with van der Waals surface area (Å²) < 4.78 is 15.8. The molecule has 0 bridgehead atoms. The second kappa shape index (κ2) is 6.78. The van der Waals surface area contributed by atoms with Crippen molar-refractivity contribution in [2.45, 2.75) is 12.3 Å². The van der Waals surface area contributed by atoms with Gasteiger partial charge in [0.25, 0.3) is 0 Å². The van der Waals surface area contributed by atoms with E-state index in [1.54, 1.807) is 21.3 Å². The standard InChI is InChI=1S/C15H23NO3/c1-17-7-6-16-10-11-8-13(11)14-9-12(18-2)4-5-15(14)19-3/h4-5,9,11,13,16H,6-8,10H2,1-3H3. The lowest BCUT2D eigenvalue weighted by Gasteiger charge is -2.10. The first-order chi connectivity index (χ1) is 9.30. The van der Waals surface area contributed by atoms with Crippen molar-refractivity contribution in [1.29, 1.82) is 0 Å². The first-order valence-corrected chi connectivity index (χ1v) is 6.71. The quantitative estimate of drug-likeness (QED) is 0.730. The lowest BCUT2D eigenvalue weighted by Crippen LogP contribution is -2.21. The van der Waals surface area contributed by atoms with Crippen LogP contribution in [0, 0.1) is 5.92 Å². The molecule has 1 N–H and O–H groups in total. The maximum absolute atomic E-state index is 5.44. The summed E-state index contributed by atoms with van der Waals surface area (Å²) in [4.78, 5) is 0. The lowest BCUT2D eigenvalue weighted by atomic mass is 10.1. The molecule has 1 aliphatic carbocycles. The topological polar surface area (TPSA) is 39.7 Å². The molecule has 0 heterocycles. The van der Waals surface area contributed by atoms with Crippen molar-refractivity contribution in [2.24, 2.45) is 5.92 Å². The van der Waals surface area contributed by atoms with Gasteiger partial charge in [-0.25, -0.2) is 0 Å². The highest BCUT2D eigenvalue weighted by molar-refractivity contribution is 5.45. The van der Waals surface area contributed by atoms with Crippen LogP contribution in [0.1, 0.15) is 17.9 Å². The normalized spacial score (nSPS) is 21.2. The number of hydrogen-bond acceptors (Lipinski definition) is 4. The summed E-state index contributed by atoms with van der Waals surface area (Å²) in [6, 6.07) is 6.02. The Bertz CT molecular complexity index is 408. The predicted octanol–water partition coefficient (Wildman–Crippen LogP) is 2.04. The molecule has 1 aromatic rings. The average molecular weight is 265 g/mol. The fourth-order valence-corrected chi connectivity index (χ4v) is 2.44. The molecule has 1 saturated carbocycles. The molecule has 106 valence electrons. The van der Waals surface area contributed by atoms with Gasteiger partial charge in [-0.15, -0.1) is 0 Å². The Labute approximate surface area is 115 Å². The van der Waals surface area contributed by atoms with E-state index in [2.05, 4.69) is 11.4 Å². The molecule has 2 rings (SSSR count). The minimum absolute atomic E-state index is 0.583. The molecule has 2 unspecified atom stereocenters. The van der Waals surface area contributed by atoms with Gasteiger partial charge in [-0.05, 0) is 43.0 Å². The molecular formula is C15H23NO3. The van der Waals surface area contributed by atoms with Crippen LogP contribution >= 0.6 is 0 Å². The van der Waals surface area contributed by atoms with Crippen molar-refractivity contribution >= 4 is 0 Å². The average Bonchev–Trinajstić information content (AvgIpc) is 3.22. The number of hydrogen-bond donors (Lipinski definition) is 1. The smallest absolute Gasteiger partial charge is 0.122 e. The minimum Gasteiger partial charge on any atom is -0.497 e. The lowest BCUT2D eigenvalue weighted by molar-refractivity contribution is 0.199. The van der Waals surface area contributed by atoms with Crippen LogP contribution < -0.4 is 14.8 Å². The Morgan fingerprint density at radius 2 is 2.05 bits per heavy atom. The molecule has 0 saturated heterocycles. The van der Waals surface area contributed by atoms with Crippen LogP contribution in [-0.4, -0.2) is 41.0 Å². The Hall–Kier alpha value is -1.26. The van der Waals surface area contributed by atoms with Gasteiger partial charge in [-0.1, -0.05) is 0 Å². The highest BCUT2D eigenvalue weighted by Crippen LogP contribution is 2.50. The molecule has 1 fully saturated rings. The van der Waals surface area contributed by atoms with Crippen LogP contribution in [0.5, 0.6) is 11.5 Å². The van der Waals surface area contributed by atoms with E-state index in [-0.39, 0.29) is 0 Å². The van der Waals surface area contributed by atoms with E-state index in [1.165, 1.54) is 12.0 Å². The van der Waals surface area contributed by atoms with E-state index in [9.17, 15) is 0 Å². The van der Waals surface area contributed by atoms with Crippen molar-refractivity contribution in [2.75, 3.05) is 41.0 Å². The molecule has 0 aliphatic heterocycles. The van der Waals surface area contributed by atoms with Gasteiger partial charge in [0.05, 0.1) is 20.8 Å². The summed E-state index contributed by atoms with van der Waals surface area (Å²) >= 11 is 0. The summed E-state index contributed by atoms with van der Waals surface area (Å²) in [6.45, 7) is 2.71. The minimum atomic E-state index is 0.583. The van der Waals surface area contributed by atoms with Gasteiger partial charge in [0.1, 0.15) is 11.5 Å². The first kappa shape index (κ1) is 14.2. The molecular weight excluding hydrogens is 242 g/mol.